The lowest BCUT2D eigenvalue weighted by atomic mass is 10.2. The maximum Gasteiger partial charge on any atom is 0.101 e. The van der Waals surface area contributed by atoms with Crippen LogP contribution in [0.1, 0.15) is 5.56 Å². The van der Waals surface area contributed by atoms with E-state index in [-0.39, 0.29) is 0 Å². The minimum atomic E-state index is 0.613. The SMILES string of the molecule is N#Cc1ccccc1-n1ncc2ccc(Br)cc21. The van der Waals surface area contributed by atoms with Crippen molar-refractivity contribution in [2.24, 2.45) is 0 Å². The number of fused-ring (bicyclic) bond motifs is 1. The van der Waals surface area contributed by atoms with Gasteiger partial charge >= 0.3 is 0 Å². The van der Waals surface area contributed by atoms with Gasteiger partial charge in [0, 0.05) is 9.86 Å². The van der Waals surface area contributed by atoms with Crippen LogP contribution >= 0.6 is 15.9 Å². The molecule has 3 nitrogen and oxygen atoms in total. The number of nitrogens with zero attached hydrogens (tertiary/aromatic N) is 3. The van der Waals surface area contributed by atoms with Gasteiger partial charge in [-0.15, -0.1) is 0 Å². The van der Waals surface area contributed by atoms with Gasteiger partial charge in [0.15, 0.2) is 0 Å². The van der Waals surface area contributed by atoms with Crippen molar-refractivity contribution in [2.45, 2.75) is 0 Å². The van der Waals surface area contributed by atoms with Gasteiger partial charge in [-0.2, -0.15) is 10.4 Å². The Bertz CT molecular complexity index is 768. The largest absolute Gasteiger partial charge is 0.232 e. The minimum Gasteiger partial charge on any atom is -0.232 e. The summed E-state index contributed by atoms with van der Waals surface area (Å²) in [7, 11) is 0. The molecule has 1 heterocycles. The van der Waals surface area contributed by atoms with E-state index in [4.69, 9.17) is 5.26 Å². The smallest absolute Gasteiger partial charge is 0.101 e. The molecule has 0 aliphatic carbocycles. The zero-order chi connectivity index (χ0) is 12.5. The molecule has 1 aromatic heterocycles. The molecule has 4 heteroatoms. The van der Waals surface area contributed by atoms with Gasteiger partial charge in [0.1, 0.15) is 6.07 Å². The maximum absolute atomic E-state index is 9.14. The third-order valence-corrected chi connectivity index (χ3v) is 3.28. The molecule has 0 aliphatic heterocycles. The molecule has 0 unspecified atom stereocenters. The van der Waals surface area contributed by atoms with Gasteiger partial charge in [0.2, 0.25) is 0 Å². The number of para-hydroxylation sites is 1. The Morgan fingerprint density at radius 2 is 2.00 bits per heavy atom. The van der Waals surface area contributed by atoms with Crippen LogP contribution in [0.2, 0.25) is 0 Å². The van der Waals surface area contributed by atoms with E-state index < -0.39 is 0 Å². The van der Waals surface area contributed by atoms with E-state index in [9.17, 15) is 0 Å². The third kappa shape index (κ3) is 1.69. The Balaban J connectivity index is 2.32. The lowest BCUT2D eigenvalue weighted by Gasteiger charge is -2.05. The highest BCUT2D eigenvalue weighted by atomic mass is 79.9. The second kappa shape index (κ2) is 4.28. The fraction of sp³-hybridized carbons (Fsp3) is 0. The summed E-state index contributed by atoms with van der Waals surface area (Å²) in [6.45, 7) is 0. The molecule has 0 amide bonds. The summed E-state index contributed by atoms with van der Waals surface area (Å²) >= 11 is 3.45. The number of hydrogen-bond acceptors (Lipinski definition) is 2. The highest BCUT2D eigenvalue weighted by Gasteiger charge is 2.08. The summed E-state index contributed by atoms with van der Waals surface area (Å²) in [6, 6.07) is 15.6. The van der Waals surface area contributed by atoms with Crippen molar-refractivity contribution in [3.8, 4) is 11.8 Å². The lowest BCUT2D eigenvalue weighted by Crippen LogP contribution is -1.98. The number of nitriles is 1. The number of rotatable bonds is 1. The molecule has 18 heavy (non-hydrogen) atoms. The Morgan fingerprint density at radius 3 is 2.83 bits per heavy atom. The molecule has 0 radical (unpaired) electrons. The van der Waals surface area contributed by atoms with Crippen LogP contribution in [0.4, 0.5) is 0 Å². The fourth-order valence-corrected chi connectivity index (χ4v) is 2.29. The maximum atomic E-state index is 9.14. The quantitative estimate of drug-likeness (QED) is 0.688. The van der Waals surface area contributed by atoms with Crippen LogP contribution in [0.25, 0.3) is 16.6 Å². The van der Waals surface area contributed by atoms with Crippen molar-refractivity contribution >= 4 is 26.8 Å². The second-order valence-corrected chi connectivity index (χ2v) is 4.80. The predicted molar refractivity (Wildman–Crippen MR) is 73.5 cm³/mol. The zero-order valence-corrected chi connectivity index (χ0v) is 10.9. The van der Waals surface area contributed by atoms with E-state index in [0.717, 1.165) is 21.1 Å². The van der Waals surface area contributed by atoms with Crippen LogP contribution in [0, 0.1) is 11.3 Å². The highest BCUT2D eigenvalue weighted by molar-refractivity contribution is 9.10. The van der Waals surface area contributed by atoms with Crippen LogP contribution in [0.15, 0.2) is 53.1 Å². The van der Waals surface area contributed by atoms with Crippen molar-refractivity contribution in [2.75, 3.05) is 0 Å². The van der Waals surface area contributed by atoms with Crippen LogP contribution in [-0.2, 0) is 0 Å². The van der Waals surface area contributed by atoms with Crippen molar-refractivity contribution in [3.63, 3.8) is 0 Å². The van der Waals surface area contributed by atoms with Crippen molar-refractivity contribution in [3.05, 3.63) is 58.7 Å². The first kappa shape index (κ1) is 11.0. The first-order chi connectivity index (χ1) is 8.79. The topological polar surface area (TPSA) is 41.6 Å². The van der Waals surface area contributed by atoms with Crippen molar-refractivity contribution in [1.82, 2.24) is 9.78 Å². The monoisotopic (exact) mass is 297 g/mol. The summed E-state index contributed by atoms with van der Waals surface area (Å²) in [5.74, 6) is 0. The van der Waals surface area contributed by atoms with E-state index in [1.54, 1.807) is 16.9 Å². The summed E-state index contributed by atoms with van der Waals surface area (Å²) < 4.78 is 2.78. The standard InChI is InChI=1S/C14H8BrN3/c15-12-6-5-11-9-17-18(14(11)7-12)13-4-2-1-3-10(13)8-16/h1-7,9H. The molecule has 0 saturated carbocycles. The molecule has 86 valence electrons. The molecule has 3 rings (SSSR count). The molecule has 3 aromatic rings. The van der Waals surface area contributed by atoms with Crippen LogP contribution in [0.3, 0.4) is 0 Å². The van der Waals surface area contributed by atoms with Crippen molar-refractivity contribution in [1.29, 1.82) is 5.26 Å². The van der Waals surface area contributed by atoms with Crippen LogP contribution < -0.4 is 0 Å². The van der Waals surface area contributed by atoms with Gasteiger partial charge in [-0.05, 0) is 24.3 Å². The van der Waals surface area contributed by atoms with E-state index >= 15 is 0 Å². The van der Waals surface area contributed by atoms with E-state index in [0.29, 0.717) is 5.56 Å². The van der Waals surface area contributed by atoms with Crippen LogP contribution in [-0.4, -0.2) is 9.78 Å². The Hall–Kier alpha value is -2.12. The average molecular weight is 298 g/mol. The number of benzene rings is 2. The molecule has 0 N–H and O–H groups in total. The van der Waals surface area contributed by atoms with Crippen molar-refractivity contribution < 1.29 is 0 Å². The molecular formula is C14H8BrN3. The Kier molecular flexibility index (Phi) is 2.62. The molecule has 0 fully saturated rings. The fourth-order valence-electron chi connectivity index (χ4n) is 1.94. The van der Waals surface area contributed by atoms with Gasteiger partial charge in [-0.25, -0.2) is 4.68 Å². The second-order valence-electron chi connectivity index (χ2n) is 3.89. The Labute approximate surface area is 112 Å². The van der Waals surface area contributed by atoms with Crippen LogP contribution in [0.5, 0.6) is 0 Å². The van der Waals surface area contributed by atoms with Gasteiger partial charge in [0.25, 0.3) is 0 Å². The van der Waals surface area contributed by atoms with Gasteiger partial charge < -0.3 is 0 Å². The van der Waals surface area contributed by atoms with E-state index in [2.05, 4.69) is 27.1 Å². The van der Waals surface area contributed by atoms with Gasteiger partial charge in [-0.3, -0.25) is 0 Å². The molecule has 0 atom stereocenters. The van der Waals surface area contributed by atoms with E-state index in [1.807, 2.05) is 36.4 Å². The number of aromatic nitrogens is 2. The zero-order valence-electron chi connectivity index (χ0n) is 9.34. The van der Waals surface area contributed by atoms with E-state index in [1.165, 1.54) is 0 Å². The molecular weight excluding hydrogens is 290 g/mol. The lowest BCUT2D eigenvalue weighted by molar-refractivity contribution is 0.907. The molecule has 0 aliphatic rings. The summed E-state index contributed by atoms with van der Waals surface area (Å²) in [5.41, 5.74) is 2.39. The third-order valence-electron chi connectivity index (χ3n) is 2.79. The normalized spacial score (nSPS) is 10.4. The minimum absolute atomic E-state index is 0.613. The summed E-state index contributed by atoms with van der Waals surface area (Å²) in [5, 5.41) is 14.6. The first-order valence-corrected chi connectivity index (χ1v) is 6.22. The number of halogens is 1. The summed E-state index contributed by atoms with van der Waals surface area (Å²) in [4.78, 5) is 0. The number of hydrogen-bond donors (Lipinski definition) is 0. The summed E-state index contributed by atoms with van der Waals surface area (Å²) in [6.07, 6.45) is 1.80. The first-order valence-electron chi connectivity index (χ1n) is 5.42. The molecule has 0 saturated heterocycles. The van der Waals surface area contributed by atoms with Gasteiger partial charge in [-0.1, -0.05) is 34.1 Å². The highest BCUT2D eigenvalue weighted by Crippen LogP contribution is 2.23. The van der Waals surface area contributed by atoms with Gasteiger partial charge in [0.05, 0.1) is 23.0 Å². The molecule has 0 spiro atoms. The predicted octanol–water partition coefficient (Wildman–Crippen LogP) is 3.66. The average Bonchev–Trinajstić information content (AvgIpc) is 2.81. The molecule has 0 bridgehead atoms. The Morgan fingerprint density at radius 1 is 1.17 bits per heavy atom. The molecule has 2 aromatic carbocycles.